The fourth-order valence-electron chi connectivity index (χ4n) is 8.77. The highest BCUT2D eigenvalue weighted by Crippen LogP contribution is 2.54. The number of benzene rings is 2. The molecule has 3 heterocycles. The van der Waals surface area contributed by atoms with Gasteiger partial charge in [-0.25, -0.2) is 13.1 Å². The second-order valence-electron chi connectivity index (χ2n) is 14.7. The molecule has 1 saturated heterocycles. The van der Waals surface area contributed by atoms with E-state index in [1.165, 1.54) is 11.1 Å². The molecule has 7 nitrogen and oxygen atoms in total. The maximum atomic E-state index is 13.5. The van der Waals surface area contributed by atoms with Crippen LogP contribution < -0.4 is 14.4 Å². The summed E-state index contributed by atoms with van der Waals surface area (Å²) in [6.45, 7) is 5.59. The van der Waals surface area contributed by atoms with Crippen LogP contribution in [-0.4, -0.2) is 66.1 Å². The predicted molar refractivity (Wildman–Crippen MR) is 194 cm³/mol. The minimum absolute atomic E-state index is 0.117. The van der Waals surface area contributed by atoms with Gasteiger partial charge in [0.05, 0.1) is 27.7 Å². The van der Waals surface area contributed by atoms with Crippen LogP contribution in [0.3, 0.4) is 0 Å². The first kappa shape index (κ1) is 33.9. The number of halogens is 1. The first-order valence-corrected chi connectivity index (χ1v) is 21.3. The van der Waals surface area contributed by atoms with Crippen LogP contribution in [-0.2, 0) is 21.9 Å². The lowest BCUT2D eigenvalue weighted by Crippen LogP contribution is -2.56. The van der Waals surface area contributed by atoms with E-state index in [9.17, 15) is 18.3 Å². The van der Waals surface area contributed by atoms with E-state index >= 15 is 0 Å². The Balaban J connectivity index is 1.31. The minimum Gasteiger partial charge on any atom is -0.490 e. The van der Waals surface area contributed by atoms with Crippen molar-refractivity contribution in [2.45, 2.75) is 92.5 Å². The van der Waals surface area contributed by atoms with Crippen molar-refractivity contribution in [2.75, 3.05) is 36.1 Å². The molecule has 5 aliphatic rings. The van der Waals surface area contributed by atoms with Crippen molar-refractivity contribution < 1.29 is 23.1 Å². The monoisotopic (exact) mass is 718 g/mol. The summed E-state index contributed by atoms with van der Waals surface area (Å²) in [4.78, 5) is 15.9. The number of sulfonamides is 1. The summed E-state index contributed by atoms with van der Waals surface area (Å²) in [5, 5.41) is 12.7. The smallest absolute Gasteiger partial charge is 0.264 e. The van der Waals surface area contributed by atoms with Gasteiger partial charge in [0.1, 0.15) is 5.75 Å². The Bertz CT molecular complexity index is 1620. The first-order chi connectivity index (χ1) is 22.5. The number of hydrogen-bond donors (Lipinski definition) is 2. The van der Waals surface area contributed by atoms with Gasteiger partial charge in [0.15, 0.2) is 0 Å². The topological polar surface area (TPSA) is 95.9 Å². The van der Waals surface area contributed by atoms with Gasteiger partial charge in [-0.3, -0.25) is 4.79 Å². The van der Waals surface area contributed by atoms with Crippen molar-refractivity contribution >= 4 is 56.7 Å². The summed E-state index contributed by atoms with van der Waals surface area (Å²) in [7, 11) is -3.92. The lowest BCUT2D eigenvalue weighted by atomic mass is 9.63. The van der Waals surface area contributed by atoms with Crippen LogP contribution >= 0.6 is 35.1 Å². The highest BCUT2D eigenvalue weighted by atomic mass is 35.5. The van der Waals surface area contributed by atoms with E-state index in [1.54, 1.807) is 13.0 Å². The fraction of sp³-hybridized carbons (Fsp3) is 0.639. The van der Waals surface area contributed by atoms with E-state index in [0.29, 0.717) is 43.2 Å². The van der Waals surface area contributed by atoms with E-state index < -0.39 is 26.8 Å². The van der Waals surface area contributed by atoms with E-state index in [2.05, 4.69) is 21.8 Å². The average Bonchev–Trinajstić information content (AvgIpc) is 3.19. The van der Waals surface area contributed by atoms with Crippen LogP contribution in [0.2, 0.25) is 5.02 Å². The summed E-state index contributed by atoms with van der Waals surface area (Å²) >= 11 is 10.3. The summed E-state index contributed by atoms with van der Waals surface area (Å²) in [6.07, 6.45) is 8.26. The zero-order valence-electron chi connectivity index (χ0n) is 27.4. The third-order valence-electron chi connectivity index (χ3n) is 11.8. The predicted octanol–water partition coefficient (Wildman–Crippen LogP) is 7.03. The number of nitrogens with zero attached hydrogens (tertiary/aromatic N) is 1. The van der Waals surface area contributed by atoms with Crippen LogP contribution in [0.1, 0.15) is 86.7 Å². The average molecular weight is 719 g/mol. The second-order valence-corrected chi connectivity index (χ2v) is 19.9. The van der Waals surface area contributed by atoms with E-state index in [1.807, 2.05) is 48.6 Å². The number of aryl methyl sites for hydroxylation is 1. The molecule has 2 aliphatic carbocycles. The number of ether oxygens (including phenoxy) is 1. The molecular formula is C36H47ClN2O5S3. The molecule has 0 aromatic heterocycles. The van der Waals surface area contributed by atoms with Gasteiger partial charge < -0.3 is 14.7 Å². The molecule has 2 aromatic carbocycles. The number of aliphatic hydroxyl groups is 1. The molecule has 2 fully saturated rings. The maximum Gasteiger partial charge on any atom is 0.264 e. The van der Waals surface area contributed by atoms with Gasteiger partial charge in [-0.2, -0.15) is 0 Å². The minimum atomic E-state index is -3.92. The van der Waals surface area contributed by atoms with Crippen LogP contribution in [0.25, 0.3) is 0 Å². The lowest BCUT2D eigenvalue weighted by Gasteiger charge is -2.53. The molecule has 1 amide bonds. The Labute approximate surface area is 293 Å². The van der Waals surface area contributed by atoms with Gasteiger partial charge in [-0.15, -0.1) is 23.5 Å². The molecule has 0 radical (unpaired) electrons. The highest BCUT2D eigenvalue weighted by Gasteiger charge is 2.52. The zero-order valence-corrected chi connectivity index (χ0v) is 30.6. The Hall–Kier alpha value is -1.59. The third-order valence-corrected chi connectivity index (χ3v) is 17.2. The fourth-order valence-corrected chi connectivity index (χ4v) is 13.6. The number of amides is 1. The maximum absolute atomic E-state index is 13.5. The van der Waals surface area contributed by atoms with E-state index in [0.717, 1.165) is 73.7 Å². The van der Waals surface area contributed by atoms with Gasteiger partial charge in [0, 0.05) is 29.1 Å². The van der Waals surface area contributed by atoms with Gasteiger partial charge in [-0.05, 0) is 129 Å². The lowest BCUT2D eigenvalue weighted by molar-refractivity contribution is -0.0765. The van der Waals surface area contributed by atoms with Crippen molar-refractivity contribution in [1.82, 2.24) is 4.72 Å². The van der Waals surface area contributed by atoms with Crippen molar-refractivity contribution in [3.63, 3.8) is 0 Å². The summed E-state index contributed by atoms with van der Waals surface area (Å²) in [5.41, 5.74) is 2.57. The number of nitrogens with one attached hydrogen (secondary N) is 1. The Morgan fingerprint density at radius 2 is 1.83 bits per heavy atom. The van der Waals surface area contributed by atoms with Crippen molar-refractivity contribution in [3.05, 3.63) is 58.1 Å². The first-order valence-electron chi connectivity index (χ1n) is 17.3. The normalized spacial score (nSPS) is 34.6. The molecule has 0 unspecified atom stereocenters. The third kappa shape index (κ3) is 6.44. The van der Waals surface area contributed by atoms with Crippen molar-refractivity contribution in [2.24, 2.45) is 17.8 Å². The summed E-state index contributed by atoms with van der Waals surface area (Å²) in [6, 6.07) is 11.6. The molecule has 7 rings (SSSR count). The Morgan fingerprint density at radius 3 is 2.60 bits per heavy atom. The number of rotatable bonds is 1. The number of anilines is 1. The molecule has 11 heteroatoms. The van der Waals surface area contributed by atoms with Crippen molar-refractivity contribution in [3.8, 4) is 5.75 Å². The highest BCUT2D eigenvalue weighted by molar-refractivity contribution is 8.17. The zero-order chi connectivity index (χ0) is 33.0. The quantitative estimate of drug-likeness (QED) is 0.325. The molecule has 2 bridgehead atoms. The molecule has 1 saturated carbocycles. The Kier molecular flexibility index (Phi) is 9.57. The summed E-state index contributed by atoms with van der Waals surface area (Å²) < 4.78 is 36.0. The Morgan fingerprint density at radius 1 is 1.02 bits per heavy atom. The molecule has 2 aromatic rings. The number of thioether (sulfide) groups is 2. The van der Waals surface area contributed by atoms with Crippen LogP contribution in [0, 0.1) is 17.8 Å². The van der Waals surface area contributed by atoms with Gasteiger partial charge in [0.25, 0.3) is 5.91 Å². The second kappa shape index (κ2) is 13.3. The van der Waals surface area contributed by atoms with Gasteiger partial charge in [0.2, 0.25) is 10.0 Å². The molecule has 1 spiro atoms. The van der Waals surface area contributed by atoms with Gasteiger partial charge >= 0.3 is 0 Å². The SMILES string of the molecule is C[C@@H]1[C@@H](C)CCC[C@](O)(C2SCCCS2)[C@@H]2CC[C@H]2CN2C[C@@]3(CCCc4cc(Cl)ccc43)COc3ccc(cc32)C(=O)NS1(=O)=O. The number of carbonyl (C=O) groups is 1. The largest absolute Gasteiger partial charge is 0.490 e. The molecule has 2 N–H and O–H groups in total. The number of carbonyl (C=O) groups excluding carboxylic acids is 1. The molecule has 6 atom stereocenters. The van der Waals surface area contributed by atoms with Crippen LogP contribution in [0.15, 0.2) is 36.4 Å². The number of fused-ring (bicyclic) bond motifs is 4. The van der Waals surface area contributed by atoms with E-state index in [-0.39, 0.29) is 21.8 Å². The van der Waals surface area contributed by atoms with Crippen LogP contribution in [0.4, 0.5) is 5.69 Å². The number of hydrogen-bond acceptors (Lipinski definition) is 8. The summed E-state index contributed by atoms with van der Waals surface area (Å²) in [5.74, 6) is 2.50. The van der Waals surface area contributed by atoms with Gasteiger partial charge in [-0.1, -0.05) is 31.0 Å². The molecule has 256 valence electrons. The van der Waals surface area contributed by atoms with E-state index in [4.69, 9.17) is 16.3 Å². The van der Waals surface area contributed by atoms with Crippen LogP contribution in [0.5, 0.6) is 5.75 Å². The molecular weight excluding hydrogens is 672 g/mol. The van der Waals surface area contributed by atoms with Crippen molar-refractivity contribution in [1.29, 1.82) is 0 Å². The molecule has 3 aliphatic heterocycles. The molecule has 47 heavy (non-hydrogen) atoms. The standard InChI is InChI=1S/C36H47ClN2O5S3/c1-23-6-3-15-36(41,34-45-16-5-17-46-34)30-11-8-27(30)20-39-21-35(14-4-7-25-18-28(37)10-12-29(25)35)22-44-32-13-9-26(19-31(32)39)33(40)38-47(42,43)24(23)2/h9-10,12-13,18-19,23-24,27,30,34,41H,3-8,11,14-17,20-22H2,1-2H3,(H,38,40)/t23-,24+,27-,30+,35-,36+/m0/s1.